The molecule has 1 unspecified atom stereocenters. The van der Waals surface area contributed by atoms with Crippen molar-refractivity contribution in [3.8, 4) is 11.3 Å². The highest BCUT2D eigenvalue weighted by atomic mass is 32.2. The molecule has 1 aromatic heterocycles. The van der Waals surface area contributed by atoms with Gasteiger partial charge < -0.3 is 10.1 Å². The molecule has 1 N–H and O–H groups in total. The quantitative estimate of drug-likeness (QED) is 0.506. The maximum atomic E-state index is 12.7. The number of benzene rings is 2. The number of aromatic nitrogens is 1. The van der Waals surface area contributed by atoms with Crippen LogP contribution in [0.2, 0.25) is 0 Å². The summed E-state index contributed by atoms with van der Waals surface area (Å²) in [5.41, 5.74) is 2.48. The molecule has 0 radical (unpaired) electrons. The van der Waals surface area contributed by atoms with Crippen LogP contribution in [0.1, 0.15) is 6.92 Å². The number of ether oxygens (including phenoxy) is 1. The third kappa shape index (κ3) is 5.38. The second kappa shape index (κ2) is 10.1. The van der Waals surface area contributed by atoms with Crippen LogP contribution in [0.25, 0.3) is 11.3 Å². The number of amides is 1. The summed E-state index contributed by atoms with van der Waals surface area (Å²) in [6.45, 7) is 3.31. The molecule has 4 rings (SSSR count). The van der Waals surface area contributed by atoms with E-state index in [2.05, 4.69) is 10.3 Å². The maximum absolute atomic E-state index is 12.7. The molecule has 1 aliphatic heterocycles. The number of carbonyl (C=O) groups excluding carboxylic acids is 1. The lowest BCUT2D eigenvalue weighted by atomic mass is 10.2. The Morgan fingerprint density at radius 3 is 2.50 bits per heavy atom. The van der Waals surface area contributed by atoms with Crippen LogP contribution < -0.4 is 5.32 Å². The van der Waals surface area contributed by atoms with Crippen LogP contribution >= 0.6 is 23.1 Å². The van der Waals surface area contributed by atoms with E-state index in [1.54, 1.807) is 12.1 Å². The van der Waals surface area contributed by atoms with Gasteiger partial charge in [-0.2, -0.15) is 4.31 Å². The van der Waals surface area contributed by atoms with Crippen molar-refractivity contribution in [2.24, 2.45) is 0 Å². The van der Waals surface area contributed by atoms with E-state index >= 15 is 0 Å². The molecule has 32 heavy (non-hydrogen) atoms. The van der Waals surface area contributed by atoms with Gasteiger partial charge >= 0.3 is 0 Å². The number of thiazole rings is 1. The topological polar surface area (TPSA) is 88.6 Å². The Morgan fingerprint density at radius 1 is 1.12 bits per heavy atom. The largest absolute Gasteiger partial charge is 0.379 e. The standard InChI is InChI=1S/C22H23N3O4S3/c1-16(31-22-24-20(15-30-22)17-5-3-2-4-6-17)21(26)23-18-7-9-19(10-8-18)32(27,28)25-11-13-29-14-12-25/h2-10,15-16H,11-14H2,1H3,(H,23,26). The summed E-state index contributed by atoms with van der Waals surface area (Å²) in [6.07, 6.45) is 0. The van der Waals surface area contributed by atoms with Crippen molar-refractivity contribution in [3.63, 3.8) is 0 Å². The summed E-state index contributed by atoms with van der Waals surface area (Å²) in [5, 5.41) is 4.47. The Bertz CT molecular complexity index is 1160. The number of hydrogen-bond donors (Lipinski definition) is 1. The van der Waals surface area contributed by atoms with Crippen molar-refractivity contribution < 1.29 is 17.9 Å². The zero-order valence-corrected chi connectivity index (χ0v) is 19.9. The van der Waals surface area contributed by atoms with Crippen molar-refractivity contribution >= 4 is 44.7 Å². The third-order valence-corrected chi connectivity index (χ3v) is 8.91. The zero-order chi connectivity index (χ0) is 22.6. The molecule has 7 nitrogen and oxygen atoms in total. The third-order valence-electron chi connectivity index (χ3n) is 4.93. The SMILES string of the molecule is CC(Sc1nc(-c2ccccc2)cs1)C(=O)Nc1ccc(S(=O)(=O)N2CCOCC2)cc1. The van der Waals surface area contributed by atoms with Gasteiger partial charge in [-0.15, -0.1) is 11.3 Å². The zero-order valence-electron chi connectivity index (χ0n) is 17.4. The number of nitrogens with one attached hydrogen (secondary N) is 1. The second-order valence-corrected chi connectivity index (χ2v) is 11.5. The van der Waals surface area contributed by atoms with Crippen LogP contribution in [-0.4, -0.2) is 55.2 Å². The fourth-order valence-electron chi connectivity index (χ4n) is 3.15. The van der Waals surface area contributed by atoms with Crippen molar-refractivity contribution in [1.29, 1.82) is 0 Å². The van der Waals surface area contributed by atoms with Gasteiger partial charge in [-0.05, 0) is 31.2 Å². The summed E-state index contributed by atoms with van der Waals surface area (Å²) in [5.74, 6) is -0.171. The van der Waals surface area contributed by atoms with E-state index in [1.165, 1.54) is 39.5 Å². The maximum Gasteiger partial charge on any atom is 0.243 e. The second-order valence-electron chi connectivity index (χ2n) is 7.15. The summed E-state index contributed by atoms with van der Waals surface area (Å²) in [4.78, 5) is 17.4. The monoisotopic (exact) mass is 489 g/mol. The Kier molecular flexibility index (Phi) is 7.27. The highest BCUT2D eigenvalue weighted by Crippen LogP contribution is 2.31. The minimum atomic E-state index is -3.56. The molecule has 0 bridgehead atoms. The molecule has 1 amide bonds. The number of rotatable bonds is 7. The van der Waals surface area contributed by atoms with Crippen LogP contribution in [0, 0.1) is 0 Å². The van der Waals surface area contributed by atoms with Gasteiger partial charge in [0, 0.05) is 29.7 Å². The molecule has 2 heterocycles. The van der Waals surface area contributed by atoms with E-state index in [9.17, 15) is 13.2 Å². The first-order chi connectivity index (χ1) is 15.4. The van der Waals surface area contributed by atoms with Crippen LogP contribution in [0.3, 0.4) is 0 Å². The van der Waals surface area contributed by atoms with E-state index in [4.69, 9.17) is 4.74 Å². The average Bonchev–Trinajstić information content (AvgIpc) is 3.29. The fraction of sp³-hybridized carbons (Fsp3) is 0.273. The molecule has 3 aromatic rings. The number of nitrogens with zero attached hydrogens (tertiary/aromatic N) is 2. The molecule has 168 valence electrons. The lowest BCUT2D eigenvalue weighted by molar-refractivity contribution is -0.115. The normalized spacial score (nSPS) is 15.9. The van der Waals surface area contributed by atoms with Crippen molar-refractivity contribution in [2.45, 2.75) is 21.4 Å². The summed E-state index contributed by atoms with van der Waals surface area (Å²) in [7, 11) is -3.56. The molecule has 1 atom stereocenters. The first-order valence-electron chi connectivity index (χ1n) is 10.1. The van der Waals surface area contributed by atoms with Crippen LogP contribution in [0.5, 0.6) is 0 Å². The van der Waals surface area contributed by atoms with Gasteiger partial charge in [0.2, 0.25) is 15.9 Å². The summed E-state index contributed by atoms with van der Waals surface area (Å²) in [6, 6.07) is 16.2. The van der Waals surface area contributed by atoms with Gasteiger partial charge in [-0.1, -0.05) is 42.1 Å². The predicted octanol–water partition coefficient (Wildman–Crippen LogP) is 3.95. The molecule has 1 saturated heterocycles. The molecule has 2 aromatic carbocycles. The van der Waals surface area contributed by atoms with Crippen LogP contribution in [0.4, 0.5) is 5.69 Å². The predicted molar refractivity (Wildman–Crippen MR) is 128 cm³/mol. The first-order valence-corrected chi connectivity index (χ1v) is 13.3. The van der Waals surface area contributed by atoms with E-state index < -0.39 is 10.0 Å². The molecule has 0 saturated carbocycles. The number of thioether (sulfide) groups is 1. The number of morpholine rings is 1. The van der Waals surface area contributed by atoms with Gasteiger partial charge in [0.25, 0.3) is 0 Å². The molecular formula is C22H23N3O4S3. The van der Waals surface area contributed by atoms with E-state index in [-0.39, 0.29) is 16.1 Å². The molecule has 1 fully saturated rings. The Hall–Kier alpha value is -2.24. The number of anilines is 1. The number of hydrogen-bond acceptors (Lipinski definition) is 7. The van der Waals surface area contributed by atoms with Crippen molar-refractivity contribution in [2.75, 3.05) is 31.6 Å². The van der Waals surface area contributed by atoms with Gasteiger partial charge in [0.15, 0.2) is 4.34 Å². The Balaban J connectivity index is 1.36. The Morgan fingerprint density at radius 2 is 1.81 bits per heavy atom. The van der Waals surface area contributed by atoms with Gasteiger partial charge in [0.05, 0.1) is 29.1 Å². The highest BCUT2D eigenvalue weighted by molar-refractivity contribution is 8.02. The van der Waals surface area contributed by atoms with Crippen molar-refractivity contribution in [1.82, 2.24) is 9.29 Å². The minimum Gasteiger partial charge on any atom is -0.379 e. The summed E-state index contributed by atoms with van der Waals surface area (Å²) < 4.78 is 32.9. The Labute approximate surface area is 195 Å². The molecule has 0 spiro atoms. The van der Waals surface area contributed by atoms with Crippen LogP contribution in [0.15, 0.2) is 69.2 Å². The average molecular weight is 490 g/mol. The molecule has 1 aliphatic rings. The molecule has 10 heteroatoms. The van der Waals surface area contributed by atoms with Crippen molar-refractivity contribution in [3.05, 3.63) is 60.0 Å². The lowest BCUT2D eigenvalue weighted by Gasteiger charge is -2.26. The van der Waals surface area contributed by atoms with E-state index in [0.717, 1.165) is 15.6 Å². The smallest absolute Gasteiger partial charge is 0.243 e. The molecule has 0 aliphatic carbocycles. The summed E-state index contributed by atoms with van der Waals surface area (Å²) >= 11 is 2.90. The van der Waals surface area contributed by atoms with Gasteiger partial charge in [0.1, 0.15) is 0 Å². The van der Waals surface area contributed by atoms with Gasteiger partial charge in [-0.3, -0.25) is 4.79 Å². The highest BCUT2D eigenvalue weighted by Gasteiger charge is 2.26. The van der Waals surface area contributed by atoms with Gasteiger partial charge in [-0.25, -0.2) is 13.4 Å². The minimum absolute atomic E-state index is 0.171. The molecular weight excluding hydrogens is 466 g/mol. The lowest BCUT2D eigenvalue weighted by Crippen LogP contribution is -2.40. The first kappa shape index (κ1) is 22.9. The number of carbonyl (C=O) groups is 1. The number of sulfonamides is 1. The van der Waals surface area contributed by atoms with E-state index in [0.29, 0.717) is 32.0 Å². The van der Waals surface area contributed by atoms with Crippen LogP contribution in [-0.2, 0) is 19.6 Å². The van der Waals surface area contributed by atoms with E-state index in [1.807, 2.05) is 42.6 Å². The fourth-order valence-corrected chi connectivity index (χ4v) is 6.53.